The number of Topliss-reactive ketones (excluding diaryl/α,β-unsaturated/α-hetero) is 1. The van der Waals surface area contributed by atoms with Gasteiger partial charge in [0, 0.05) is 16.5 Å². The second kappa shape index (κ2) is 18.6. The van der Waals surface area contributed by atoms with Crippen molar-refractivity contribution in [1.82, 2.24) is 0 Å². The quantitative estimate of drug-likeness (QED) is 0.0905. The minimum Gasteiger partial charge on any atom is -0.507 e. The second-order valence-electron chi connectivity index (χ2n) is 17.7. The molecule has 2 unspecified atom stereocenters. The number of fused-ring (bicyclic) bond motifs is 4. The van der Waals surface area contributed by atoms with E-state index in [1.807, 2.05) is 0 Å². The molecule has 15 N–H and O–H groups in total. The lowest BCUT2D eigenvalue weighted by atomic mass is 9.74. The number of aryl methyl sites for hydroxylation is 1. The van der Waals surface area contributed by atoms with Gasteiger partial charge in [-0.15, -0.1) is 0 Å². The third-order valence-electron chi connectivity index (χ3n) is 13.2. The van der Waals surface area contributed by atoms with Crippen molar-refractivity contribution >= 4 is 22.1 Å². The van der Waals surface area contributed by atoms with Crippen molar-refractivity contribution < 1.29 is 124 Å². The molecule has 3 aromatic rings. The molecule has 4 saturated heterocycles. The van der Waals surface area contributed by atoms with Gasteiger partial charge in [-0.25, -0.2) is 0 Å². The molecule has 25 nitrogen and oxygen atoms in total. The number of carbonyl (C=O) groups excluding carboxylic acids is 1. The Bertz CT molecular complexity index is 2480. The zero-order chi connectivity index (χ0) is 49.7. The highest BCUT2D eigenvalue weighted by Gasteiger charge is 2.55. The lowest BCUT2D eigenvalue weighted by Crippen LogP contribution is -2.61. The van der Waals surface area contributed by atoms with Gasteiger partial charge in [-0.1, -0.05) is 0 Å². The number of hydrogen-bond acceptors (Lipinski definition) is 25. The van der Waals surface area contributed by atoms with Crippen LogP contribution in [0, 0.1) is 6.92 Å². The van der Waals surface area contributed by atoms with Gasteiger partial charge in [-0.2, -0.15) is 0 Å². The van der Waals surface area contributed by atoms with E-state index in [1.165, 1.54) is 25.1 Å². The topological polar surface area (TPSA) is 404 Å². The number of aliphatic hydroxyl groups is 13. The Balaban J connectivity index is 1.02. The van der Waals surface area contributed by atoms with Gasteiger partial charge >= 0.3 is 0 Å². The van der Waals surface area contributed by atoms with Crippen molar-refractivity contribution in [2.24, 2.45) is 0 Å². The summed E-state index contributed by atoms with van der Waals surface area (Å²) >= 11 is 0. The first kappa shape index (κ1) is 49.5. The molecule has 69 heavy (non-hydrogen) atoms. The van der Waals surface area contributed by atoms with Crippen LogP contribution in [0.15, 0.2) is 35.9 Å². The van der Waals surface area contributed by atoms with E-state index < -0.39 is 177 Å². The monoisotopic (exact) mass is 980 g/mol. The molecule has 0 bridgehead atoms. The average Bonchev–Trinajstić information content (AvgIpc) is 3.31. The van der Waals surface area contributed by atoms with Gasteiger partial charge < -0.3 is 119 Å². The van der Waals surface area contributed by atoms with E-state index in [1.54, 1.807) is 6.92 Å². The van der Waals surface area contributed by atoms with Gasteiger partial charge in [0.15, 0.2) is 18.4 Å². The van der Waals surface area contributed by atoms with Gasteiger partial charge in [0.2, 0.25) is 12.6 Å². The summed E-state index contributed by atoms with van der Waals surface area (Å²) in [5.41, 5.74) is -0.971. The Morgan fingerprint density at radius 1 is 0.580 bits per heavy atom. The minimum absolute atomic E-state index is 0.0536. The van der Waals surface area contributed by atoms with Crippen LogP contribution in [0.3, 0.4) is 0 Å². The number of ether oxygens (including phenoxy) is 9. The molecule has 0 radical (unpaired) electrons. The van der Waals surface area contributed by atoms with Gasteiger partial charge in [-0.3, -0.25) is 4.79 Å². The molecule has 3 aromatic carbocycles. The number of aromatic hydroxyl groups is 2. The van der Waals surface area contributed by atoms with Gasteiger partial charge in [0.1, 0.15) is 114 Å². The van der Waals surface area contributed by atoms with Gasteiger partial charge in [-0.05, 0) is 55.3 Å². The maximum Gasteiger partial charge on any atom is 0.267 e. The predicted molar refractivity (Wildman–Crippen MR) is 222 cm³/mol. The molecular formula is C44H52O25. The maximum absolute atomic E-state index is 14.4. The Labute approximate surface area is 389 Å². The molecule has 4 fully saturated rings. The first-order valence-electron chi connectivity index (χ1n) is 21.7. The van der Waals surface area contributed by atoms with E-state index in [4.69, 9.17) is 42.6 Å². The van der Waals surface area contributed by atoms with E-state index in [0.717, 1.165) is 12.1 Å². The van der Waals surface area contributed by atoms with E-state index >= 15 is 0 Å². The number of hydrogen-bond donors (Lipinski definition) is 15. The standard InChI is InChI=1S/C44H52O25/c1-12-7-15(46)24-18(65-42-38(58)34(54)32(52)21(67-42)10-63-40-36(56)30(50)16(47)8-61-40)5-6-19-26(24)23(12)27-13(2)29(49)25-14(45)3-4-20(28(25)44(27,60)69-19)66-43-39(59)35(55)33(53)22(68-43)11-64-41-37(57)31(51)17(48)9-62-41/h3-7,16-17,21-22,30-43,45-48,50-60H,8-11H2,1-2H3/t16-,17-,21-,22-,30+,31+,32-,33-,34+,35+,36-,37-,38-,39-,40+,41?,42-,43-,44?/m1/s1. The van der Waals surface area contributed by atoms with Crippen LogP contribution in [0.2, 0.25) is 0 Å². The van der Waals surface area contributed by atoms with Crippen molar-refractivity contribution in [3.63, 3.8) is 0 Å². The Morgan fingerprint density at radius 3 is 1.61 bits per heavy atom. The fourth-order valence-electron chi connectivity index (χ4n) is 9.44. The van der Waals surface area contributed by atoms with Crippen molar-refractivity contribution in [3.8, 4) is 28.7 Å². The van der Waals surface area contributed by atoms with Crippen LogP contribution in [0.25, 0.3) is 16.3 Å². The zero-order valence-electron chi connectivity index (χ0n) is 36.4. The summed E-state index contributed by atoms with van der Waals surface area (Å²) in [5.74, 6) is -5.43. The molecule has 6 aliphatic rings. The molecule has 0 amide bonds. The van der Waals surface area contributed by atoms with E-state index in [0.29, 0.717) is 0 Å². The highest BCUT2D eigenvalue weighted by Crippen LogP contribution is 2.59. The molecule has 5 aliphatic heterocycles. The van der Waals surface area contributed by atoms with Crippen LogP contribution >= 0.6 is 0 Å². The molecular weight excluding hydrogens is 928 g/mol. The van der Waals surface area contributed by atoms with Crippen LogP contribution in [-0.4, -0.2) is 219 Å². The number of ketones is 1. The number of rotatable bonds is 10. The largest absolute Gasteiger partial charge is 0.507 e. The van der Waals surface area contributed by atoms with Crippen LogP contribution in [0.1, 0.15) is 34.0 Å². The normalized spacial score (nSPS) is 40.0. The number of aliphatic hydroxyl groups excluding tert-OH is 12. The summed E-state index contributed by atoms with van der Waals surface area (Å²) in [4.78, 5) is 14.4. The molecule has 5 heterocycles. The number of carbonyl (C=O) groups is 1. The summed E-state index contributed by atoms with van der Waals surface area (Å²) in [5, 5.41) is 161. The number of phenolic OH excluding ortho intramolecular Hbond substituents is 2. The van der Waals surface area contributed by atoms with E-state index in [2.05, 4.69) is 0 Å². The van der Waals surface area contributed by atoms with Crippen molar-refractivity contribution in [3.05, 3.63) is 58.2 Å². The van der Waals surface area contributed by atoms with Gasteiger partial charge in [0.05, 0.1) is 42.9 Å². The summed E-state index contributed by atoms with van der Waals surface area (Å²) < 4.78 is 51.6. The summed E-state index contributed by atoms with van der Waals surface area (Å²) in [6.45, 7) is 0.847. The summed E-state index contributed by atoms with van der Waals surface area (Å²) in [7, 11) is 0. The van der Waals surface area contributed by atoms with Crippen LogP contribution in [0.4, 0.5) is 0 Å². The highest BCUT2D eigenvalue weighted by atomic mass is 16.7. The fraction of sp³-hybridized carbons (Fsp3) is 0.568. The second-order valence-corrected chi connectivity index (χ2v) is 17.7. The molecule has 0 spiro atoms. The zero-order valence-corrected chi connectivity index (χ0v) is 36.4. The Morgan fingerprint density at radius 2 is 1.07 bits per heavy atom. The van der Waals surface area contributed by atoms with Crippen molar-refractivity contribution in [1.29, 1.82) is 0 Å². The molecule has 9 rings (SSSR count). The van der Waals surface area contributed by atoms with E-state index in [-0.39, 0.29) is 44.5 Å². The first-order valence-corrected chi connectivity index (χ1v) is 21.7. The SMILES string of the molecule is CC1=C2c3c(C)cc(O)c4c(O[C@@H]5O[C@H](CO[C@@H]6OC[C@@H](O)[C@H](O)[C@H]6O)[C@@H](O)[C@H](O)[C@H]5O)ccc(c34)OC2(O)c2c(O[C@@H]3O[C@H](COC4OC[C@@H](O)[C@H](O)[C@H]4O)[C@@H](O)[C@H](O)[C@H]3O)ccc(O)c2C1=O. The molecule has 378 valence electrons. The van der Waals surface area contributed by atoms with Crippen LogP contribution in [0.5, 0.6) is 28.7 Å². The highest BCUT2D eigenvalue weighted by molar-refractivity contribution is 6.21. The van der Waals surface area contributed by atoms with Crippen LogP contribution < -0.4 is 14.2 Å². The fourth-order valence-corrected chi connectivity index (χ4v) is 9.44. The average molecular weight is 981 g/mol. The van der Waals surface area contributed by atoms with Crippen molar-refractivity contribution in [2.45, 2.75) is 130 Å². The lowest BCUT2D eigenvalue weighted by Gasteiger charge is -2.44. The summed E-state index contributed by atoms with van der Waals surface area (Å²) in [6.07, 6.45) is -30.6. The lowest BCUT2D eigenvalue weighted by molar-refractivity contribution is -0.308. The molecule has 19 atom stereocenters. The number of phenols is 2. The van der Waals surface area contributed by atoms with Crippen molar-refractivity contribution in [2.75, 3.05) is 26.4 Å². The molecule has 0 aromatic heterocycles. The Kier molecular flexibility index (Phi) is 13.4. The number of benzene rings is 3. The number of allylic oxidation sites excluding steroid dienone is 1. The molecule has 1 aliphatic carbocycles. The third kappa shape index (κ3) is 8.28. The maximum atomic E-state index is 14.4. The summed E-state index contributed by atoms with van der Waals surface area (Å²) in [6, 6.07) is 5.97. The van der Waals surface area contributed by atoms with E-state index in [9.17, 15) is 81.4 Å². The van der Waals surface area contributed by atoms with Crippen LogP contribution in [-0.2, 0) is 34.2 Å². The molecule has 0 saturated carbocycles. The Hall–Kier alpha value is -4.43. The third-order valence-corrected chi connectivity index (χ3v) is 13.2. The van der Waals surface area contributed by atoms with Gasteiger partial charge in [0.25, 0.3) is 5.79 Å². The first-order chi connectivity index (χ1) is 32.6. The predicted octanol–water partition coefficient (Wildman–Crippen LogP) is -4.95. The molecule has 25 heteroatoms. The smallest absolute Gasteiger partial charge is 0.267 e. The minimum atomic E-state index is -2.73.